The molecule has 0 spiro atoms. The lowest BCUT2D eigenvalue weighted by Crippen LogP contribution is -2.13. The van der Waals surface area contributed by atoms with Crippen LogP contribution in [-0.2, 0) is 6.54 Å². The van der Waals surface area contributed by atoms with Crippen molar-refractivity contribution in [2.75, 3.05) is 17.2 Å². The molecule has 0 atom stereocenters. The Morgan fingerprint density at radius 1 is 1.00 bits per heavy atom. The van der Waals surface area contributed by atoms with Gasteiger partial charge in [0.25, 0.3) is 0 Å². The Bertz CT molecular complexity index is 559. The molecule has 2 rings (SSSR count). The van der Waals surface area contributed by atoms with E-state index >= 15 is 0 Å². The first-order valence-corrected chi connectivity index (χ1v) is 7.11. The summed E-state index contributed by atoms with van der Waals surface area (Å²) >= 11 is 0. The van der Waals surface area contributed by atoms with Crippen LogP contribution in [0.5, 0.6) is 6.01 Å². The quantitative estimate of drug-likeness (QED) is 0.816. The first-order chi connectivity index (χ1) is 10.2. The van der Waals surface area contributed by atoms with E-state index in [1.165, 1.54) is 0 Å². The van der Waals surface area contributed by atoms with Gasteiger partial charge >= 0.3 is 6.01 Å². The van der Waals surface area contributed by atoms with Gasteiger partial charge in [0.2, 0.25) is 11.9 Å². The molecule has 0 saturated carbocycles. The van der Waals surface area contributed by atoms with Crippen molar-refractivity contribution in [2.24, 2.45) is 0 Å². The number of nitrogens with zero attached hydrogens (tertiary/aromatic N) is 3. The van der Waals surface area contributed by atoms with Crippen LogP contribution >= 0.6 is 0 Å². The molecule has 6 nitrogen and oxygen atoms in total. The molecule has 0 aliphatic heterocycles. The molecule has 2 aromatic rings. The van der Waals surface area contributed by atoms with Crippen molar-refractivity contribution in [1.82, 2.24) is 15.0 Å². The molecule has 6 heteroatoms. The van der Waals surface area contributed by atoms with Gasteiger partial charge in [0.05, 0.1) is 6.10 Å². The minimum Gasteiger partial charge on any atom is -0.461 e. The average Bonchev–Trinajstić information content (AvgIpc) is 2.46. The molecule has 1 aromatic carbocycles. The lowest BCUT2D eigenvalue weighted by atomic mass is 10.2. The van der Waals surface area contributed by atoms with Gasteiger partial charge in [-0.05, 0) is 26.3 Å². The topological polar surface area (TPSA) is 72.0 Å². The van der Waals surface area contributed by atoms with Crippen LogP contribution in [0.3, 0.4) is 0 Å². The van der Waals surface area contributed by atoms with Crippen molar-refractivity contribution in [3.05, 3.63) is 35.9 Å². The third-order valence-corrected chi connectivity index (χ3v) is 2.58. The smallest absolute Gasteiger partial charge is 0.323 e. The van der Waals surface area contributed by atoms with Gasteiger partial charge in [0.15, 0.2) is 0 Å². The van der Waals surface area contributed by atoms with Crippen LogP contribution in [-0.4, -0.2) is 27.6 Å². The first-order valence-electron chi connectivity index (χ1n) is 7.11. The van der Waals surface area contributed by atoms with E-state index < -0.39 is 0 Å². The van der Waals surface area contributed by atoms with Crippen LogP contribution in [0.1, 0.15) is 26.3 Å². The second-order valence-electron chi connectivity index (χ2n) is 4.80. The normalized spacial score (nSPS) is 10.5. The number of hydrogen-bond acceptors (Lipinski definition) is 6. The lowest BCUT2D eigenvalue weighted by Gasteiger charge is -2.11. The van der Waals surface area contributed by atoms with Crippen molar-refractivity contribution in [3.8, 4) is 6.01 Å². The van der Waals surface area contributed by atoms with Crippen molar-refractivity contribution in [2.45, 2.75) is 33.4 Å². The van der Waals surface area contributed by atoms with Crippen LogP contribution in [0.4, 0.5) is 11.9 Å². The molecular weight excluding hydrogens is 266 g/mol. The Morgan fingerprint density at radius 2 is 1.67 bits per heavy atom. The summed E-state index contributed by atoms with van der Waals surface area (Å²) in [6.07, 6.45) is 0.0175. The largest absolute Gasteiger partial charge is 0.461 e. The van der Waals surface area contributed by atoms with E-state index in [0.717, 1.165) is 12.1 Å². The van der Waals surface area contributed by atoms with Crippen LogP contribution in [0, 0.1) is 0 Å². The summed E-state index contributed by atoms with van der Waals surface area (Å²) in [7, 11) is 0. The fourth-order valence-electron chi connectivity index (χ4n) is 1.71. The number of aromatic nitrogens is 3. The van der Waals surface area contributed by atoms with Gasteiger partial charge in [-0.2, -0.15) is 15.0 Å². The van der Waals surface area contributed by atoms with E-state index in [-0.39, 0.29) is 6.10 Å². The van der Waals surface area contributed by atoms with E-state index in [1.807, 2.05) is 51.1 Å². The van der Waals surface area contributed by atoms with E-state index in [0.29, 0.717) is 24.5 Å². The van der Waals surface area contributed by atoms with E-state index in [1.54, 1.807) is 0 Å². The van der Waals surface area contributed by atoms with Gasteiger partial charge in [-0.15, -0.1) is 0 Å². The summed E-state index contributed by atoms with van der Waals surface area (Å²) in [4.78, 5) is 12.8. The maximum Gasteiger partial charge on any atom is 0.323 e. The van der Waals surface area contributed by atoms with E-state index in [9.17, 15) is 0 Å². The van der Waals surface area contributed by atoms with E-state index in [2.05, 4.69) is 25.6 Å². The number of rotatable bonds is 7. The molecule has 21 heavy (non-hydrogen) atoms. The standard InChI is InChI=1S/C15H21N5O/c1-4-16-13-18-14(20-15(19-13)21-11(2)3)17-10-12-8-6-5-7-9-12/h5-9,11H,4,10H2,1-3H3,(H2,16,17,18,19,20). The molecule has 0 amide bonds. The molecule has 1 heterocycles. The first kappa shape index (κ1) is 15.0. The van der Waals surface area contributed by atoms with Crippen molar-refractivity contribution < 1.29 is 4.74 Å². The maximum absolute atomic E-state index is 5.55. The predicted molar refractivity (Wildman–Crippen MR) is 83.5 cm³/mol. The van der Waals surface area contributed by atoms with Gasteiger partial charge in [-0.3, -0.25) is 0 Å². The van der Waals surface area contributed by atoms with Crippen molar-refractivity contribution in [3.63, 3.8) is 0 Å². The molecule has 0 saturated heterocycles. The molecule has 112 valence electrons. The summed E-state index contributed by atoms with van der Waals surface area (Å²) in [5, 5.41) is 6.27. The number of hydrogen-bond donors (Lipinski definition) is 2. The molecule has 1 aromatic heterocycles. The number of anilines is 2. The monoisotopic (exact) mass is 287 g/mol. The fraction of sp³-hybridized carbons (Fsp3) is 0.400. The van der Waals surface area contributed by atoms with Gasteiger partial charge in [-0.25, -0.2) is 0 Å². The zero-order valence-electron chi connectivity index (χ0n) is 12.6. The Kier molecular flexibility index (Phi) is 5.31. The Morgan fingerprint density at radius 3 is 2.29 bits per heavy atom. The lowest BCUT2D eigenvalue weighted by molar-refractivity contribution is 0.222. The summed E-state index contributed by atoms with van der Waals surface area (Å²) in [5.41, 5.74) is 1.16. The number of nitrogens with one attached hydrogen (secondary N) is 2. The highest BCUT2D eigenvalue weighted by molar-refractivity contribution is 5.36. The highest BCUT2D eigenvalue weighted by Crippen LogP contribution is 2.13. The summed E-state index contributed by atoms with van der Waals surface area (Å²) < 4.78 is 5.55. The van der Waals surface area contributed by atoms with Crippen molar-refractivity contribution in [1.29, 1.82) is 0 Å². The Labute approximate surface area is 125 Å². The Balaban J connectivity index is 2.11. The average molecular weight is 287 g/mol. The fourth-order valence-corrected chi connectivity index (χ4v) is 1.71. The minimum absolute atomic E-state index is 0.0175. The Hall–Kier alpha value is -2.37. The molecule has 0 bridgehead atoms. The zero-order valence-corrected chi connectivity index (χ0v) is 12.6. The molecular formula is C15H21N5O. The third-order valence-electron chi connectivity index (χ3n) is 2.58. The van der Waals surface area contributed by atoms with Crippen molar-refractivity contribution >= 4 is 11.9 Å². The van der Waals surface area contributed by atoms with Crippen LogP contribution < -0.4 is 15.4 Å². The maximum atomic E-state index is 5.55. The van der Waals surface area contributed by atoms with Gasteiger partial charge < -0.3 is 15.4 Å². The molecule has 0 radical (unpaired) electrons. The van der Waals surface area contributed by atoms with Crippen LogP contribution in [0.25, 0.3) is 0 Å². The predicted octanol–water partition coefficient (Wildman–Crippen LogP) is 2.70. The summed E-state index contributed by atoms with van der Waals surface area (Å²) in [6.45, 7) is 7.26. The molecule has 0 aliphatic carbocycles. The van der Waals surface area contributed by atoms with Crippen LogP contribution in [0.2, 0.25) is 0 Å². The number of benzene rings is 1. The summed E-state index contributed by atoms with van der Waals surface area (Å²) in [6, 6.07) is 10.4. The second kappa shape index (κ2) is 7.42. The third kappa shape index (κ3) is 4.91. The highest BCUT2D eigenvalue weighted by atomic mass is 16.5. The molecule has 0 unspecified atom stereocenters. The van der Waals surface area contributed by atoms with E-state index in [4.69, 9.17) is 4.74 Å². The second-order valence-corrected chi connectivity index (χ2v) is 4.80. The highest BCUT2D eigenvalue weighted by Gasteiger charge is 2.08. The minimum atomic E-state index is 0.0175. The van der Waals surface area contributed by atoms with Crippen LogP contribution in [0.15, 0.2) is 30.3 Å². The number of ether oxygens (including phenoxy) is 1. The SMILES string of the molecule is CCNc1nc(NCc2ccccc2)nc(OC(C)C)n1. The molecule has 0 aliphatic rings. The van der Waals surface area contributed by atoms with Gasteiger partial charge in [0.1, 0.15) is 0 Å². The zero-order chi connectivity index (χ0) is 15.1. The summed E-state index contributed by atoms with van der Waals surface area (Å²) in [5.74, 6) is 1.01. The van der Waals surface area contributed by atoms with Gasteiger partial charge in [0, 0.05) is 13.1 Å². The molecule has 0 fully saturated rings. The molecule has 2 N–H and O–H groups in total. The van der Waals surface area contributed by atoms with Gasteiger partial charge in [-0.1, -0.05) is 30.3 Å².